The van der Waals surface area contributed by atoms with Gasteiger partial charge in [-0.25, -0.2) is 4.39 Å². The Morgan fingerprint density at radius 1 is 1.45 bits per heavy atom. The summed E-state index contributed by atoms with van der Waals surface area (Å²) in [6.07, 6.45) is 1.71. The minimum Gasteiger partial charge on any atom is -0.486 e. The maximum Gasteiger partial charge on any atom is 0.191 e. The molecule has 0 aliphatic heterocycles. The molecule has 6 heteroatoms. The summed E-state index contributed by atoms with van der Waals surface area (Å²) in [5.41, 5.74) is 0. The topological polar surface area (TPSA) is 45.7 Å². The van der Waals surface area contributed by atoms with E-state index < -0.39 is 0 Å². The van der Waals surface area contributed by atoms with Gasteiger partial charge >= 0.3 is 0 Å². The van der Waals surface area contributed by atoms with Crippen molar-refractivity contribution in [3.8, 4) is 5.75 Å². The highest BCUT2D eigenvalue weighted by atomic mass is 32.2. The van der Waals surface area contributed by atoms with Crippen LogP contribution < -0.4 is 15.4 Å². The molecule has 1 unspecified atom stereocenters. The van der Waals surface area contributed by atoms with Crippen LogP contribution in [0.25, 0.3) is 0 Å². The van der Waals surface area contributed by atoms with Crippen LogP contribution in [0.3, 0.4) is 0 Å². The maximum atomic E-state index is 13.5. The fraction of sp³-hybridized carbons (Fsp3) is 0.438. The smallest absolute Gasteiger partial charge is 0.191 e. The molecule has 0 spiro atoms. The Morgan fingerprint density at radius 3 is 2.91 bits per heavy atom. The van der Waals surface area contributed by atoms with Crippen molar-refractivity contribution in [2.45, 2.75) is 13.0 Å². The van der Waals surface area contributed by atoms with E-state index in [1.165, 1.54) is 6.07 Å². The number of nitrogens with one attached hydrogen (secondary N) is 2. The Balaban J connectivity index is 2.27. The van der Waals surface area contributed by atoms with Crippen LogP contribution in [0.15, 0.2) is 41.9 Å². The van der Waals surface area contributed by atoms with Gasteiger partial charge in [0, 0.05) is 25.1 Å². The minimum atomic E-state index is -0.351. The van der Waals surface area contributed by atoms with E-state index in [9.17, 15) is 4.39 Å². The largest absolute Gasteiger partial charge is 0.486 e. The summed E-state index contributed by atoms with van der Waals surface area (Å²) in [5, 5.41) is 6.37. The number of nitrogens with zero attached hydrogens (tertiary/aromatic N) is 1. The number of halogens is 1. The molecule has 0 heterocycles. The number of hydrogen-bond donors (Lipinski definition) is 2. The molecule has 1 rings (SSSR count). The van der Waals surface area contributed by atoms with Gasteiger partial charge in [-0.3, -0.25) is 4.99 Å². The average molecular weight is 325 g/mol. The lowest BCUT2D eigenvalue weighted by molar-refractivity contribution is 0.214. The predicted octanol–water partition coefficient (Wildman–Crippen LogP) is 2.68. The van der Waals surface area contributed by atoms with Crippen LogP contribution >= 0.6 is 11.8 Å². The molecule has 1 aromatic rings. The second-order valence-corrected chi connectivity index (χ2v) is 5.75. The molecular weight excluding hydrogens is 301 g/mol. The van der Waals surface area contributed by atoms with Gasteiger partial charge in [0.2, 0.25) is 0 Å². The van der Waals surface area contributed by atoms with Gasteiger partial charge in [0.15, 0.2) is 17.5 Å². The first-order valence-corrected chi connectivity index (χ1v) is 8.37. The van der Waals surface area contributed by atoms with Crippen molar-refractivity contribution in [3.05, 3.63) is 42.7 Å². The highest BCUT2D eigenvalue weighted by Crippen LogP contribution is 2.16. The van der Waals surface area contributed by atoms with Gasteiger partial charge in [-0.2, -0.15) is 11.8 Å². The van der Waals surface area contributed by atoms with E-state index in [-0.39, 0.29) is 17.7 Å². The number of guanidine groups is 1. The molecule has 1 atom stereocenters. The van der Waals surface area contributed by atoms with Crippen molar-refractivity contribution in [1.82, 2.24) is 10.6 Å². The van der Waals surface area contributed by atoms with E-state index in [1.54, 1.807) is 37.0 Å². The molecular formula is C16H24FN3OS. The maximum absolute atomic E-state index is 13.5. The van der Waals surface area contributed by atoms with Crippen molar-refractivity contribution < 1.29 is 9.13 Å². The number of ether oxygens (including phenoxy) is 1. The fourth-order valence-corrected chi connectivity index (χ4v) is 2.25. The number of benzene rings is 1. The average Bonchev–Trinajstić information content (AvgIpc) is 2.52. The summed E-state index contributed by atoms with van der Waals surface area (Å²) in [4.78, 5) is 4.14. The molecule has 0 aliphatic carbocycles. The third kappa shape index (κ3) is 7.36. The summed E-state index contributed by atoms with van der Waals surface area (Å²) in [6.45, 7) is 6.92. The first kappa shape index (κ1) is 18.4. The molecule has 122 valence electrons. The molecule has 4 nitrogen and oxygen atoms in total. The molecule has 2 N–H and O–H groups in total. The first-order valence-electron chi connectivity index (χ1n) is 7.21. The third-order valence-corrected chi connectivity index (χ3v) is 3.68. The van der Waals surface area contributed by atoms with Crippen LogP contribution in [0.5, 0.6) is 5.75 Å². The molecule has 22 heavy (non-hydrogen) atoms. The van der Waals surface area contributed by atoms with Crippen LogP contribution in [0.2, 0.25) is 0 Å². The molecule has 0 amide bonds. The van der Waals surface area contributed by atoms with Gasteiger partial charge in [0.25, 0.3) is 0 Å². The molecule has 0 aromatic heterocycles. The second kappa shape index (κ2) is 11.0. The van der Waals surface area contributed by atoms with Gasteiger partial charge in [0.05, 0.1) is 6.54 Å². The number of thioether (sulfide) groups is 1. The van der Waals surface area contributed by atoms with E-state index in [0.717, 1.165) is 18.1 Å². The van der Waals surface area contributed by atoms with E-state index in [0.29, 0.717) is 12.5 Å². The second-order valence-electron chi connectivity index (χ2n) is 4.60. The van der Waals surface area contributed by atoms with Gasteiger partial charge in [-0.15, -0.1) is 6.58 Å². The van der Waals surface area contributed by atoms with Crippen molar-refractivity contribution in [3.63, 3.8) is 0 Å². The van der Waals surface area contributed by atoms with E-state index in [2.05, 4.69) is 22.2 Å². The van der Waals surface area contributed by atoms with E-state index >= 15 is 0 Å². The number of hydrogen-bond acceptors (Lipinski definition) is 3. The highest BCUT2D eigenvalue weighted by molar-refractivity contribution is 7.99. The molecule has 0 fully saturated rings. The van der Waals surface area contributed by atoms with Gasteiger partial charge < -0.3 is 15.4 Å². The summed E-state index contributed by atoms with van der Waals surface area (Å²) < 4.78 is 19.1. The summed E-state index contributed by atoms with van der Waals surface area (Å²) in [5.74, 6) is 2.55. The Labute approximate surface area is 136 Å². The molecule has 0 radical (unpaired) electrons. The number of para-hydroxylation sites is 1. The van der Waals surface area contributed by atoms with Crippen LogP contribution in [-0.4, -0.2) is 43.7 Å². The Hall–Kier alpha value is -1.69. The zero-order valence-corrected chi connectivity index (χ0v) is 14.0. The standard InChI is InChI=1S/C16H24FN3OS/c1-4-10-22-11-9-19-16(18-3)20-12-13(2)21-15-8-6-5-7-14(15)17/h4-8,13H,1,9-12H2,2-3H3,(H2,18,19,20). The molecule has 1 aromatic carbocycles. The highest BCUT2D eigenvalue weighted by Gasteiger charge is 2.08. The van der Waals surface area contributed by atoms with Crippen LogP contribution in [0, 0.1) is 5.82 Å². The Kier molecular flexibility index (Phi) is 9.14. The van der Waals surface area contributed by atoms with Crippen LogP contribution in [0.1, 0.15) is 6.92 Å². The number of rotatable bonds is 9. The van der Waals surface area contributed by atoms with Crippen molar-refractivity contribution in [1.29, 1.82) is 0 Å². The molecule has 0 saturated carbocycles. The monoisotopic (exact) mass is 325 g/mol. The van der Waals surface area contributed by atoms with E-state index in [4.69, 9.17) is 4.74 Å². The zero-order valence-electron chi connectivity index (χ0n) is 13.1. The third-order valence-electron chi connectivity index (χ3n) is 2.72. The Morgan fingerprint density at radius 2 is 2.23 bits per heavy atom. The lowest BCUT2D eigenvalue weighted by Crippen LogP contribution is -2.42. The van der Waals surface area contributed by atoms with Gasteiger partial charge in [-0.05, 0) is 19.1 Å². The summed E-state index contributed by atoms with van der Waals surface area (Å²) in [7, 11) is 1.72. The van der Waals surface area contributed by atoms with Crippen molar-refractivity contribution >= 4 is 17.7 Å². The quantitative estimate of drug-likeness (QED) is 0.317. The lowest BCUT2D eigenvalue weighted by atomic mass is 10.3. The van der Waals surface area contributed by atoms with Gasteiger partial charge in [-0.1, -0.05) is 18.2 Å². The molecule has 0 saturated heterocycles. The SMILES string of the molecule is C=CCSCCNC(=NC)NCC(C)Oc1ccccc1F. The molecule has 0 aliphatic rings. The first-order chi connectivity index (χ1) is 10.7. The lowest BCUT2D eigenvalue weighted by Gasteiger charge is -2.18. The minimum absolute atomic E-state index is 0.175. The number of aliphatic imine (C=N–C) groups is 1. The fourth-order valence-electron chi connectivity index (χ4n) is 1.67. The molecule has 0 bridgehead atoms. The summed E-state index contributed by atoms with van der Waals surface area (Å²) >= 11 is 1.80. The van der Waals surface area contributed by atoms with Crippen molar-refractivity contribution in [2.24, 2.45) is 4.99 Å². The van der Waals surface area contributed by atoms with Gasteiger partial charge in [0.1, 0.15) is 6.10 Å². The normalized spacial score (nSPS) is 12.6. The van der Waals surface area contributed by atoms with Crippen LogP contribution in [0.4, 0.5) is 4.39 Å². The predicted molar refractivity (Wildman–Crippen MR) is 93.4 cm³/mol. The Bertz CT molecular complexity index is 482. The van der Waals surface area contributed by atoms with Crippen LogP contribution in [-0.2, 0) is 0 Å². The summed E-state index contributed by atoms with van der Waals surface area (Å²) in [6, 6.07) is 6.40. The van der Waals surface area contributed by atoms with Crippen molar-refractivity contribution in [2.75, 3.05) is 31.6 Å². The zero-order chi connectivity index (χ0) is 16.2. The van der Waals surface area contributed by atoms with E-state index in [1.807, 2.05) is 13.0 Å².